The number of halogens is 2. The molecule has 0 spiro atoms. The molecule has 2 aromatic rings. The molecule has 1 aromatic heterocycles. The van der Waals surface area contributed by atoms with Gasteiger partial charge in [0.2, 0.25) is 0 Å². The molecule has 1 aliphatic carbocycles. The third kappa shape index (κ3) is 4.84. The summed E-state index contributed by atoms with van der Waals surface area (Å²) in [5, 5.41) is 10.2. The van der Waals surface area contributed by atoms with E-state index in [1.807, 2.05) is 18.2 Å². The van der Waals surface area contributed by atoms with Crippen molar-refractivity contribution in [3.05, 3.63) is 64.9 Å². The highest BCUT2D eigenvalue weighted by Crippen LogP contribution is 2.41. The summed E-state index contributed by atoms with van der Waals surface area (Å²) in [4.78, 5) is 18.7. The highest BCUT2D eigenvalue weighted by Gasteiger charge is 2.38. The maximum atomic E-state index is 12.9. The first kappa shape index (κ1) is 22.6. The summed E-state index contributed by atoms with van der Waals surface area (Å²) in [5.41, 5.74) is 7.79. The number of carbonyl (C=O) groups excluding carboxylic acids is 1. The van der Waals surface area contributed by atoms with Crippen LogP contribution in [0.4, 0.5) is 0 Å². The summed E-state index contributed by atoms with van der Waals surface area (Å²) in [6, 6.07) is 11.5. The Morgan fingerprint density at radius 1 is 1.29 bits per heavy atom. The van der Waals surface area contributed by atoms with Crippen molar-refractivity contribution < 1.29 is 9.90 Å². The van der Waals surface area contributed by atoms with Crippen LogP contribution in [0.15, 0.2) is 48.8 Å². The minimum Gasteiger partial charge on any atom is -0.395 e. The van der Waals surface area contributed by atoms with Crippen LogP contribution >= 0.6 is 24.0 Å². The molecule has 0 bridgehead atoms. The number of rotatable bonds is 6. The Hall–Kier alpha value is -1.66. The van der Waals surface area contributed by atoms with Crippen LogP contribution in [0.5, 0.6) is 0 Å². The molecular weight excluding hydrogens is 397 g/mol. The van der Waals surface area contributed by atoms with Crippen molar-refractivity contribution in [2.24, 2.45) is 5.73 Å². The maximum absolute atomic E-state index is 12.9. The van der Waals surface area contributed by atoms with Crippen LogP contribution in [-0.4, -0.2) is 46.6 Å². The third-order valence-corrected chi connectivity index (χ3v) is 5.93. The average Bonchev–Trinajstić information content (AvgIpc) is 2.72. The number of pyridine rings is 1. The van der Waals surface area contributed by atoms with Crippen molar-refractivity contribution in [2.75, 3.05) is 19.7 Å². The van der Waals surface area contributed by atoms with E-state index in [1.54, 1.807) is 29.4 Å². The van der Waals surface area contributed by atoms with Crippen molar-refractivity contribution in [2.45, 2.75) is 37.1 Å². The Bertz CT molecular complexity index is 765. The fraction of sp³-hybridized carbons (Fsp3) is 0.429. The van der Waals surface area contributed by atoms with E-state index in [9.17, 15) is 9.90 Å². The lowest BCUT2D eigenvalue weighted by molar-refractivity contribution is 0.0543. The van der Waals surface area contributed by atoms with Crippen LogP contribution in [0.1, 0.15) is 41.6 Å². The Morgan fingerprint density at radius 3 is 2.61 bits per heavy atom. The number of nitrogens with two attached hydrogens (primary N) is 1. The summed E-state index contributed by atoms with van der Waals surface area (Å²) in [6.45, 7) is 0.820. The van der Waals surface area contributed by atoms with Crippen molar-refractivity contribution in [1.29, 1.82) is 0 Å². The molecule has 0 saturated heterocycles. The molecule has 0 aliphatic heterocycles. The van der Waals surface area contributed by atoms with E-state index in [0.717, 1.165) is 30.7 Å². The molecule has 1 aromatic carbocycles. The van der Waals surface area contributed by atoms with Gasteiger partial charge in [-0.1, -0.05) is 23.7 Å². The number of amides is 1. The highest BCUT2D eigenvalue weighted by molar-refractivity contribution is 6.30. The molecule has 5 nitrogen and oxygen atoms in total. The first-order valence-electron chi connectivity index (χ1n) is 9.37. The molecule has 1 heterocycles. The average molecular weight is 424 g/mol. The van der Waals surface area contributed by atoms with Crippen LogP contribution in [0.25, 0.3) is 0 Å². The lowest BCUT2D eigenvalue weighted by atomic mass is 9.68. The molecule has 0 radical (unpaired) electrons. The fourth-order valence-electron chi connectivity index (χ4n) is 4.11. The highest BCUT2D eigenvalue weighted by atomic mass is 35.5. The zero-order valence-electron chi connectivity index (χ0n) is 15.8. The number of aliphatic hydroxyl groups excluding tert-OH is 1. The lowest BCUT2D eigenvalue weighted by Gasteiger charge is -2.43. The number of aliphatic hydroxyl groups is 1. The van der Waals surface area contributed by atoms with E-state index >= 15 is 0 Å². The second-order valence-electron chi connectivity index (χ2n) is 7.19. The Kier molecular flexibility index (Phi) is 8.25. The van der Waals surface area contributed by atoms with E-state index in [0.29, 0.717) is 18.7 Å². The quantitative estimate of drug-likeness (QED) is 0.745. The zero-order valence-corrected chi connectivity index (χ0v) is 17.3. The van der Waals surface area contributed by atoms with E-state index in [1.165, 1.54) is 5.56 Å². The first-order chi connectivity index (χ1) is 13.1. The molecule has 152 valence electrons. The van der Waals surface area contributed by atoms with E-state index in [2.05, 4.69) is 11.1 Å². The van der Waals surface area contributed by atoms with Gasteiger partial charge in [-0.25, -0.2) is 0 Å². The largest absolute Gasteiger partial charge is 0.395 e. The van der Waals surface area contributed by atoms with Gasteiger partial charge in [0.25, 0.3) is 5.91 Å². The van der Waals surface area contributed by atoms with E-state index < -0.39 is 0 Å². The smallest absolute Gasteiger partial charge is 0.255 e. The molecule has 7 heteroatoms. The standard InChI is InChI=1S/C21H26ClN3O2.ClH/c22-18-5-1-4-17(13-18)21(15-23)8-6-19(7-9-21)25(11-12-26)20(27)16-3-2-10-24-14-16;/h1-5,10,13-14,19,26H,6-9,11-12,15,23H2;1H/t19-,21-;. The fourth-order valence-corrected chi connectivity index (χ4v) is 4.30. The molecule has 0 unspecified atom stereocenters. The van der Waals surface area contributed by atoms with Gasteiger partial charge in [0.1, 0.15) is 0 Å². The van der Waals surface area contributed by atoms with Crippen LogP contribution in [0, 0.1) is 0 Å². The van der Waals surface area contributed by atoms with Gasteiger partial charge in [0.15, 0.2) is 0 Å². The van der Waals surface area contributed by atoms with E-state index in [4.69, 9.17) is 17.3 Å². The number of hydrogen-bond acceptors (Lipinski definition) is 4. The Balaban J connectivity index is 0.00000280. The van der Waals surface area contributed by atoms with Crippen molar-refractivity contribution in [1.82, 2.24) is 9.88 Å². The Labute approximate surface area is 177 Å². The molecule has 0 atom stereocenters. The summed E-state index contributed by atoms with van der Waals surface area (Å²) < 4.78 is 0. The first-order valence-corrected chi connectivity index (χ1v) is 9.75. The van der Waals surface area contributed by atoms with Gasteiger partial charge in [-0.05, 0) is 55.5 Å². The Morgan fingerprint density at radius 2 is 2.04 bits per heavy atom. The summed E-state index contributed by atoms with van der Waals surface area (Å²) in [7, 11) is 0. The van der Waals surface area contributed by atoms with Gasteiger partial charge < -0.3 is 15.7 Å². The number of aromatic nitrogens is 1. The molecular formula is C21H27Cl2N3O2. The molecule has 3 rings (SSSR count). The molecule has 28 heavy (non-hydrogen) atoms. The van der Waals surface area contributed by atoms with Crippen LogP contribution in [-0.2, 0) is 5.41 Å². The number of nitrogens with zero attached hydrogens (tertiary/aromatic N) is 2. The van der Waals surface area contributed by atoms with Crippen LogP contribution < -0.4 is 5.73 Å². The zero-order chi connectivity index (χ0) is 19.3. The minimum atomic E-state index is -0.108. The lowest BCUT2D eigenvalue weighted by Crippen LogP contribution is -2.48. The second kappa shape index (κ2) is 10.2. The normalized spacial score (nSPS) is 21.6. The van der Waals surface area contributed by atoms with E-state index in [-0.39, 0.29) is 36.4 Å². The summed E-state index contributed by atoms with van der Waals surface area (Å²) >= 11 is 6.19. The summed E-state index contributed by atoms with van der Waals surface area (Å²) in [5.74, 6) is -0.0786. The third-order valence-electron chi connectivity index (χ3n) is 5.69. The second-order valence-corrected chi connectivity index (χ2v) is 7.63. The molecule has 3 N–H and O–H groups in total. The number of benzene rings is 1. The molecule has 1 saturated carbocycles. The predicted octanol–water partition coefficient (Wildman–Crippen LogP) is 3.43. The maximum Gasteiger partial charge on any atom is 0.255 e. The van der Waals surface area contributed by atoms with Gasteiger partial charge in [0, 0.05) is 42.0 Å². The van der Waals surface area contributed by atoms with Gasteiger partial charge in [0.05, 0.1) is 12.2 Å². The van der Waals surface area contributed by atoms with Crippen LogP contribution in [0.2, 0.25) is 5.02 Å². The SMILES string of the molecule is Cl.NC[C@]1(c2cccc(Cl)c2)CC[C@H](N(CCO)C(=O)c2cccnc2)CC1. The van der Waals surface area contributed by atoms with Crippen molar-refractivity contribution in [3.8, 4) is 0 Å². The predicted molar refractivity (Wildman–Crippen MR) is 114 cm³/mol. The number of carbonyl (C=O) groups is 1. The van der Waals surface area contributed by atoms with Gasteiger partial charge in [-0.3, -0.25) is 9.78 Å². The molecule has 1 aliphatic rings. The topological polar surface area (TPSA) is 79.5 Å². The monoisotopic (exact) mass is 423 g/mol. The van der Waals surface area contributed by atoms with Gasteiger partial charge in [-0.15, -0.1) is 12.4 Å². The van der Waals surface area contributed by atoms with Gasteiger partial charge >= 0.3 is 0 Å². The molecule has 1 amide bonds. The van der Waals surface area contributed by atoms with Crippen molar-refractivity contribution >= 4 is 29.9 Å². The minimum absolute atomic E-state index is 0. The van der Waals surface area contributed by atoms with Crippen LogP contribution in [0.3, 0.4) is 0 Å². The van der Waals surface area contributed by atoms with Crippen molar-refractivity contribution in [3.63, 3.8) is 0 Å². The molecule has 1 fully saturated rings. The number of hydrogen-bond donors (Lipinski definition) is 2. The van der Waals surface area contributed by atoms with Gasteiger partial charge in [-0.2, -0.15) is 0 Å². The summed E-state index contributed by atoms with van der Waals surface area (Å²) in [6.07, 6.45) is 6.68.